The zero-order valence-electron chi connectivity index (χ0n) is 8.84. The van der Waals surface area contributed by atoms with Crippen LogP contribution in [0.4, 0.5) is 13.2 Å². The van der Waals surface area contributed by atoms with Crippen LogP contribution in [0.3, 0.4) is 0 Å². The number of primary amides is 1. The molecule has 2 amide bonds. The lowest BCUT2D eigenvalue weighted by Gasteiger charge is -2.09. The summed E-state index contributed by atoms with van der Waals surface area (Å²) >= 11 is 0. The van der Waals surface area contributed by atoms with Crippen LogP contribution in [0.25, 0.3) is 0 Å². The van der Waals surface area contributed by atoms with Crippen molar-refractivity contribution < 1.29 is 22.8 Å². The van der Waals surface area contributed by atoms with E-state index in [1.807, 2.05) is 0 Å². The van der Waals surface area contributed by atoms with Crippen LogP contribution in [0.1, 0.15) is 15.9 Å². The highest BCUT2D eigenvalue weighted by Gasteiger charge is 2.39. The molecular weight excluding hydrogens is 251 g/mol. The van der Waals surface area contributed by atoms with Crippen LogP contribution in [0.15, 0.2) is 24.3 Å². The lowest BCUT2D eigenvalue weighted by Crippen LogP contribution is -2.40. The number of nitrogens with one attached hydrogen (secondary N) is 2. The second kappa shape index (κ2) is 4.86. The molecule has 0 aliphatic rings. The van der Waals surface area contributed by atoms with Crippen molar-refractivity contribution in [3.8, 4) is 0 Å². The number of rotatable bonds is 2. The zero-order valence-corrected chi connectivity index (χ0v) is 8.84. The van der Waals surface area contributed by atoms with Crippen molar-refractivity contribution >= 4 is 17.6 Å². The molecule has 1 aromatic carbocycles. The number of benzene rings is 1. The van der Waals surface area contributed by atoms with Crippen molar-refractivity contribution in [3.05, 3.63) is 35.4 Å². The number of carbonyl (C=O) groups excluding carboxylic acids is 2. The predicted octanol–water partition coefficient (Wildman–Crippen LogP) is 0.789. The van der Waals surface area contributed by atoms with E-state index in [2.05, 4.69) is 0 Å². The molecule has 0 atom stereocenters. The summed E-state index contributed by atoms with van der Waals surface area (Å²) in [7, 11) is 0. The minimum Gasteiger partial charge on any atom is -0.366 e. The summed E-state index contributed by atoms with van der Waals surface area (Å²) in [5.41, 5.74) is 5.14. The molecular formula is C10H8F3N3O2. The number of carbonyl (C=O) groups is 2. The fourth-order valence-electron chi connectivity index (χ4n) is 1.06. The van der Waals surface area contributed by atoms with Crippen LogP contribution < -0.4 is 11.1 Å². The number of hydrogen-bond acceptors (Lipinski definition) is 3. The first-order chi connectivity index (χ1) is 8.21. The van der Waals surface area contributed by atoms with Gasteiger partial charge in [0.2, 0.25) is 5.91 Å². The van der Waals surface area contributed by atoms with Gasteiger partial charge in [0.15, 0.2) is 0 Å². The van der Waals surface area contributed by atoms with E-state index in [0.29, 0.717) is 0 Å². The van der Waals surface area contributed by atoms with E-state index >= 15 is 0 Å². The van der Waals surface area contributed by atoms with Gasteiger partial charge in [0.05, 0.1) is 0 Å². The van der Waals surface area contributed by atoms with Gasteiger partial charge in [-0.15, -0.1) is 0 Å². The van der Waals surface area contributed by atoms with E-state index in [9.17, 15) is 22.8 Å². The first kappa shape index (κ1) is 13.7. The molecule has 1 rings (SSSR count). The molecule has 0 unspecified atom stereocenters. The van der Waals surface area contributed by atoms with Gasteiger partial charge in [-0.05, 0) is 12.1 Å². The molecule has 1 aromatic rings. The average molecular weight is 259 g/mol. The summed E-state index contributed by atoms with van der Waals surface area (Å²) in [6, 6.07) is 4.90. The van der Waals surface area contributed by atoms with E-state index in [1.165, 1.54) is 29.6 Å². The fraction of sp³-hybridized carbons (Fsp3) is 0.100. The highest BCUT2D eigenvalue weighted by Crippen LogP contribution is 2.14. The Morgan fingerprint density at radius 3 is 1.94 bits per heavy atom. The molecule has 0 radical (unpaired) electrons. The van der Waals surface area contributed by atoms with E-state index in [4.69, 9.17) is 11.1 Å². The predicted molar refractivity (Wildman–Crippen MR) is 56.0 cm³/mol. The monoisotopic (exact) mass is 259 g/mol. The van der Waals surface area contributed by atoms with Gasteiger partial charge in [0, 0.05) is 11.1 Å². The maximum Gasteiger partial charge on any atom is 0.471 e. The van der Waals surface area contributed by atoms with Crippen LogP contribution in [-0.2, 0) is 4.79 Å². The van der Waals surface area contributed by atoms with Crippen LogP contribution >= 0.6 is 0 Å². The Balaban J connectivity index is 2.80. The van der Waals surface area contributed by atoms with Gasteiger partial charge in [-0.2, -0.15) is 13.2 Å². The molecule has 0 aliphatic heterocycles. The highest BCUT2D eigenvalue weighted by molar-refractivity contribution is 6.07. The Kier molecular flexibility index (Phi) is 3.70. The molecule has 8 heteroatoms. The molecule has 0 aliphatic carbocycles. The van der Waals surface area contributed by atoms with Crippen LogP contribution in [0, 0.1) is 5.41 Å². The Morgan fingerprint density at radius 2 is 1.56 bits per heavy atom. The zero-order chi connectivity index (χ0) is 13.9. The molecule has 0 saturated heterocycles. The quantitative estimate of drug-likeness (QED) is 0.540. The number of amidine groups is 1. The van der Waals surface area contributed by atoms with E-state index in [-0.39, 0.29) is 11.1 Å². The summed E-state index contributed by atoms with van der Waals surface area (Å²) in [6.07, 6.45) is -5.06. The third kappa shape index (κ3) is 3.30. The summed E-state index contributed by atoms with van der Waals surface area (Å²) in [6.45, 7) is 0. The largest absolute Gasteiger partial charge is 0.471 e. The van der Waals surface area contributed by atoms with Crippen molar-refractivity contribution in [2.24, 2.45) is 5.73 Å². The SMILES string of the molecule is N=C(NC(=O)C(F)(F)F)c1ccc(C(N)=O)cc1. The second-order valence-electron chi connectivity index (χ2n) is 3.27. The van der Waals surface area contributed by atoms with Gasteiger partial charge < -0.3 is 11.1 Å². The lowest BCUT2D eigenvalue weighted by molar-refractivity contribution is -0.171. The van der Waals surface area contributed by atoms with Crippen molar-refractivity contribution in [3.63, 3.8) is 0 Å². The number of nitrogens with two attached hydrogens (primary N) is 1. The van der Waals surface area contributed by atoms with Gasteiger partial charge >= 0.3 is 12.1 Å². The highest BCUT2D eigenvalue weighted by atomic mass is 19.4. The maximum atomic E-state index is 11.9. The van der Waals surface area contributed by atoms with Crippen LogP contribution in [0.2, 0.25) is 0 Å². The smallest absolute Gasteiger partial charge is 0.366 e. The first-order valence-corrected chi connectivity index (χ1v) is 4.59. The van der Waals surface area contributed by atoms with Crippen molar-refractivity contribution in [1.29, 1.82) is 5.41 Å². The molecule has 0 spiro atoms. The maximum absolute atomic E-state index is 11.9. The second-order valence-corrected chi connectivity index (χ2v) is 3.27. The standard InChI is InChI=1S/C10H8F3N3O2/c11-10(12,13)9(18)16-7(14)5-1-3-6(4-2-5)8(15)17/h1-4H,(H2,15,17)(H2,14,16,18). The van der Waals surface area contributed by atoms with Crippen LogP contribution in [-0.4, -0.2) is 23.8 Å². The molecule has 18 heavy (non-hydrogen) atoms. The van der Waals surface area contributed by atoms with Gasteiger partial charge in [0.1, 0.15) is 5.84 Å². The molecule has 96 valence electrons. The third-order valence-corrected chi connectivity index (χ3v) is 1.95. The van der Waals surface area contributed by atoms with Crippen LogP contribution in [0.5, 0.6) is 0 Å². The van der Waals surface area contributed by atoms with Crippen molar-refractivity contribution in [2.45, 2.75) is 6.18 Å². The van der Waals surface area contributed by atoms with E-state index in [1.54, 1.807) is 0 Å². The van der Waals surface area contributed by atoms with Gasteiger partial charge in [-0.3, -0.25) is 15.0 Å². The van der Waals surface area contributed by atoms with Crippen molar-refractivity contribution in [1.82, 2.24) is 5.32 Å². The Morgan fingerprint density at radius 1 is 1.11 bits per heavy atom. The van der Waals surface area contributed by atoms with E-state index in [0.717, 1.165) is 0 Å². The number of amides is 2. The Bertz CT molecular complexity index is 494. The number of hydrogen-bond donors (Lipinski definition) is 3. The Hall–Kier alpha value is -2.38. The minimum atomic E-state index is -5.06. The molecule has 0 heterocycles. The van der Waals surface area contributed by atoms with Crippen molar-refractivity contribution in [2.75, 3.05) is 0 Å². The molecule has 5 nitrogen and oxygen atoms in total. The normalized spacial score (nSPS) is 10.8. The molecule has 0 saturated carbocycles. The molecule has 0 fully saturated rings. The topological polar surface area (TPSA) is 96.0 Å². The third-order valence-electron chi connectivity index (χ3n) is 1.95. The summed E-state index contributed by atoms with van der Waals surface area (Å²) in [5, 5.41) is 8.66. The summed E-state index contributed by atoms with van der Waals surface area (Å²) < 4.78 is 35.8. The number of alkyl halides is 3. The Labute approximate surface area is 99.3 Å². The van der Waals surface area contributed by atoms with Gasteiger partial charge in [-0.1, -0.05) is 12.1 Å². The van der Waals surface area contributed by atoms with Gasteiger partial charge in [-0.25, -0.2) is 0 Å². The number of halogens is 3. The molecule has 4 N–H and O–H groups in total. The van der Waals surface area contributed by atoms with Gasteiger partial charge in [0.25, 0.3) is 0 Å². The first-order valence-electron chi connectivity index (χ1n) is 4.59. The van der Waals surface area contributed by atoms with E-state index < -0.39 is 23.8 Å². The molecule has 0 aromatic heterocycles. The fourth-order valence-corrected chi connectivity index (χ4v) is 1.06. The minimum absolute atomic E-state index is 0.0256. The lowest BCUT2D eigenvalue weighted by atomic mass is 10.1. The average Bonchev–Trinajstić information content (AvgIpc) is 2.27. The summed E-state index contributed by atoms with van der Waals surface area (Å²) in [5.74, 6) is -3.65. The molecule has 0 bridgehead atoms. The summed E-state index contributed by atoms with van der Waals surface area (Å²) in [4.78, 5) is 21.3.